The molecule has 173 valence electrons. The van der Waals surface area contributed by atoms with Crippen LogP contribution >= 0.6 is 0 Å². The Morgan fingerprint density at radius 1 is 1.26 bits per heavy atom. The largest absolute Gasteiger partial charge is 0.410 e. The molecule has 7 atom stereocenters. The zero-order valence-corrected chi connectivity index (χ0v) is 21.8. The predicted octanol–water partition coefficient (Wildman–Crippen LogP) is 5.10. The highest BCUT2D eigenvalue weighted by molar-refractivity contribution is 6.48. The Kier molecular flexibility index (Phi) is 7.02. The third kappa shape index (κ3) is 5.54. The lowest BCUT2D eigenvalue weighted by atomic mass is 9.70. The molecule has 3 rings (SSSR count). The first-order chi connectivity index (χ1) is 14.2. The molecule has 1 aliphatic heterocycles. The fourth-order valence-electron chi connectivity index (χ4n) is 5.25. The summed E-state index contributed by atoms with van der Waals surface area (Å²) in [7, 11) is -0.966. The number of fused-ring (bicyclic) bond motifs is 2. The molecule has 1 saturated heterocycles. The van der Waals surface area contributed by atoms with Crippen LogP contribution in [0.15, 0.2) is 23.8 Å². The van der Waals surface area contributed by atoms with Crippen LogP contribution in [0, 0.1) is 35.0 Å². The molecule has 31 heavy (non-hydrogen) atoms. The maximum absolute atomic E-state index is 11.4. The van der Waals surface area contributed by atoms with Crippen LogP contribution in [0.25, 0.3) is 0 Å². The second kappa shape index (κ2) is 8.80. The van der Waals surface area contributed by atoms with Gasteiger partial charge in [0, 0.05) is 0 Å². The first-order valence-corrected chi connectivity index (χ1v) is 14.1. The molecule has 1 unspecified atom stereocenters. The summed E-state index contributed by atoms with van der Waals surface area (Å²) in [5.41, 5.74) is 0.0129. The summed E-state index contributed by atoms with van der Waals surface area (Å²) < 4.78 is 19.1. The van der Waals surface area contributed by atoms with Crippen LogP contribution in [0.3, 0.4) is 0 Å². The lowest BCUT2D eigenvalue weighted by molar-refractivity contribution is -0.153. The molecule has 4 nitrogen and oxygen atoms in total. The summed E-state index contributed by atoms with van der Waals surface area (Å²) in [6, 6.07) is 0. The molecule has 1 radical (unpaired) electrons. The molecule has 0 amide bonds. The smallest absolute Gasteiger partial charge is 0.205 e. The Morgan fingerprint density at radius 2 is 1.94 bits per heavy atom. The van der Waals surface area contributed by atoms with Gasteiger partial charge in [0.2, 0.25) is 9.04 Å². The molecule has 5 heteroatoms. The molecule has 1 fully saturated rings. The van der Waals surface area contributed by atoms with E-state index in [1.807, 2.05) is 20.8 Å². The number of rotatable bonds is 3. The van der Waals surface area contributed by atoms with Gasteiger partial charge >= 0.3 is 0 Å². The molecule has 0 bridgehead atoms. The van der Waals surface area contributed by atoms with Crippen LogP contribution in [0.2, 0.25) is 13.1 Å². The predicted molar refractivity (Wildman–Crippen MR) is 127 cm³/mol. The van der Waals surface area contributed by atoms with E-state index in [9.17, 15) is 5.11 Å². The fourth-order valence-corrected chi connectivity index (χ4v) is 6.21. The van der Waals surface area contributed by atoms with E-state index in [-0.39, 0.29) is 17.6 Å². The molecule has 0 saturated carbocycles. The summed E-state index contributed by atoms with van der Waals surface area (Å²) in [6.45, 7) is 19.0. The third-order valence-electron chi connectivity index (χ3n) is 6.65. The highest BCUT2D eigenvalue weighted by atomic mass is 28.3. The minimum atomic E-state index is -0.966. The number of aliphatic hydroxyl groups excluding tert-OH is 1. The van der Waals surface area contributed by atoms with Crippen molar-refractivity contribution in [2.75, 3.05) is 0 Å². The molecule has 1 N–H and O–H groups in total. The number of ether oxygens (including phenoxy) is 2. The standard InChI is InChI=1S/C26H41O4Si/c1-17-11-10-12-18-15-22-26(7,30-25(5,6)28-22)14-13-21(27)20(16-19(17)18)23(24(2,3)4)29-31(8)9/h10-11,16-19,21-23,27H,12,15H2,1-9H3/b20-16+/t17-,18-,19-,21+,22-,23?,26-/m1/s1. The lowest BCUT2D eigenvalue weighted by Gasteiger charge is -2.39. The first-order valence-electron chi connectivity index (χ1n) is 11.7. The highest BCUT2D eigenvalue weighted by Crippen LogP contribution is 2.44. The summed E-state index contributed by atoms with van der Waals surface area (Å²) in [5, 5.41) is 11.4. The molecule has 0 aromatic carbocycles. The van der Waals surface area contributed by atoms with Crippen LogP contribution in [-0.4, -0.2) is 43.8 Å². The minimum absolute atomic E-state index is 0.126. The molecule has 0 aromatic heterocycles. The Hall–Kier alpha value is -0.903. The SMILES string of the molecule is C[C@@H]1C=CC[C@@H]2C[C@H]3OC(C)(C)O[C@]3(C)C#C[C@H](O)/C(C(O[Si](C)C)C(C)(C)C)=C\[C@@H]21. The molecule has 1 heterocycles. The van der Waals surface area contributed by atoms with E-state index in [0.29, 0.717) is 17.8 Å². The zero-order chi connectivity index (χ0) is 23.2. The van der Waals surface area contributed by atoms with Crippen LogP contribution in [0.1, 0.15) is 61.3 Å². The van der Waals surface area contributed by atoms with E-state index in [2.05, 4.69) is 70.9 Å². The number of hydrogen-bond donors (Lipinski definition) is 1. The van der Waals surface area contributed by atoms with Crippen LogP contribution < -0.4 is 0 Å². The minimum Gasteiger partial charge on any atom is -0.410 e. The molecular formula is C26H41O4Si. The van der Waals surface area contributed by atoms with Gasteiger partial charge in [-0.1, -0.05) is 57.8 Å². The molecule has 3 aliphatic rings. The van der Waals surface area contributed by atoms with Crippen molar-refractivity contribution in [1.82, 2.24) is 0 Å². The summed E-state index contributed by atoms with van der Waals surface area (Å²) >= 11 is 0. The van der Waals surface area contributed by atoms with E-state index in [1.165, 1.54) is 0 Å². The monoisotopic (exact) mass is 445 g/mol. The van der Waals surface area contributed by atoms with Crippen molar-refractivity contribution < 1.29 is 19.0 Å². The molecule has 2 aliphatic carbocycles. The average molecular weight is 446 g/mol. The normalized spacial score (nSPS) is 40.2. The van der Waals surface area contributed by atoms with Gasteiger partial charge in [-0.2, -0.15) is 0 Å². The quantitative estimate of drug-likeness (QED) is 0.373. The van der Waals surface area contributed by atoms with Gasteiger partial charge in [0.05, 0.1) is 6.10 Å². The van der Waals surface area contributed by atoms with Crippen molar-refractivity contribution in [3.05, 3.63) is 23.8 Å². The van der Waals surface area contributed by atoms with Gasteiger partial charge in [0.25, 0.3) is 0 Å². The number of allylic oxidation sites excluding steroid dienone is 3. The van der Waals surface area contributed by atoms with Gasteiger partial charge in [-0.25, -0.2) is 0 Å². The average Bonchev–Trinajstić information content (AvgIpc) is 2.85. The molecule has 0 aromatic rings. The fraction of sp³-hybridized carbons (Fsp3) is 0.769. The van der Waals surface area contributed by atoms with Gasteiger partial charge in [0.1, 0.15) is 12.2 Å². The van der Waals surface area contributed by atoms with Crippen LogP contribution in [-0.2, 0) is 13.9 Å². The van der Waals surface area contributed by atoms with Gasteiger partial charge < -0.3 is 19.0 Å². The first kappa shape index (κ1) is 24.7. The topological polar surface area (TPSA) is 47.9 Å². The van der Waals surface area contributed by atoms with Crippen LogP contribution in [0.4, 0.5) is 0 Å². The zero-order valence-electron chi connectivity index (χ0n) is 20.8. The Bertz CT molecular complexity index is 781. The van der Waals surface area contributed by atoms with Crippen molar-refractivity contribution in [3.8, 4) is 11.8 Å². The second-order valence-corrected chi connectivity index (χ2v) is 13.5. The van der Waals surface area contributed by atoms with Crippen molar-refractivity contribution in [2.24, 2.45) is 23.2 Å². The van der Waals surface area contributed by atoms with Crippen molar-refractivity contribution in [2.45, 2.75) is 104 Å². The van der Waals surface area contributed by atoms with Gasteiger partial charge in [-0.3, -0.25) is 0 Å². The van der Waals surface area contributed by atoms with Gasteiger partial charge in [-0.05, 0) is 75.4 Å². The van der Waals surface area contributed by atoms with Crippen molar-refractivity contribution in [3.63, 3.8) is 0 Å². The van der Waals surface area contributed by atoms with E-state index in [1.54, 1.807) is 0 Å². The van der Waals surface area contributed by atoms with E-state index >= 15 is 0 Å². The van der Waals surface area contributed by atoms with Crippen molar-refractivity contribution >= 4 is 9.04 Å². The Balaban J connectivity index is 2.13. The second-order valence-electron chi connectivity index (χ2n) is 11.4. The third-order valence-corrected chi connectivity index (χ3v) is 7.35. The molecular weight excluding hydrogens is 404 g/mol. The van der Waals surface area contributed by atoms with E-state index < -0.39 is 26.5 Å². The maximum atomic E-state index is 11.4. The van der Waals surface area contributed by atoms with Gasteiger partial charge in [-0.15, -0.1) is 0 Å². The maximum Gasteiger partial charge on any atom is 0.205 e. The molecule has 0 spiro atoms. The number of hydrogen-bond acceptors (Lipinski definition) is 4. The summed E-state index contributed by atoms with van der Waals surface area (Å²) in [4.78, 5) is 0. The number of aliphatic hydroxyl groups is 1. The lowest BCUT2D eigenvalue weighted by Crippen LogP contribution is -2.42. The Morgan fingerprint density at radius 3 is 2.55 bits per heavy atom. The van der Waals surface area contributed by atoms with E-state index in [4.69, 9.17) is 13.9 Å². The van der Waals surface area contributed by atoms with E-state index in [0.717, 1.165) is 18.4 Å². The van der Waals surface area contributed by atoms with Crippen molar-refractivity contribution in [1.29, 1.82) is 0 Å². The van der Waals surface area contributed by atoms with Crippen LogP contribution in [0.5, 0.6) is 0 Å². The summed E-state index contributed by atoms with van der Waals surface area (Å²) in [6.07, 6.45) is 7.56. The van der Waals surface area contributed by atoms with Gasteiger partial charge in [0.15, 0.2) is 11.4 Å². The Labute approximate surface area is 191 Å². The highest BCUT2D eigenvalue weighted by Gasteiger charge is 2.51. The summed E-state index contributed by atoms with van der Waals surface area (Å²) in [5.74, 6) is 6.80.